The standard InChI is InChI=1S/C9H9Cl2NO3S/c1-6-5-12(16(13,14)15-6)9-7(10)3-2-4-8(9)11/h2-4,6H,5H2,1H3. The molecule has 4 nitrogen and oxygen atoms in total. The van der Waals surface area contributed by atoms with E-state index in [-0.39, 0.29) is 22.3 Å². The maximum Gasteiger partial charge on any atom is 0.362 e. The van der Waals surface area contributed by atoms with Crippen molar-refractivity contribution in [2.45, 2.75) is 13.0 Å². The van der Waals surface area contributed by atoms with Crippen LogP contribution in [0.3, 0.4) is 0 Å². The minimum absolute atomic E-state index is 0.214. The molecule has 0 radical (unpaired) electrons. The number of hydrogen-bond acceptors (Lipinski definition) is 3. The first-order valence-corrected chi connectivity index (χ1v) is 6.69. The summed E-state index contributed by atoms with van der Waals surface area (Å²) in [6.07, 6.45) is -0.405. The summed E-state index contributed by atoms with van der Waals surface area (Å²) < 4.78 is 29.2. The van der Waals surface area contributed by atoms with Crippen LogP contribution in [0.15, 0.2) is 18.2 Å². The van der Waals surface area contributed by atoms with Crippen molar-refractivity contribution in [1.29, 1.82) is 0 Å². The zero-order valence-electron chi connectivity index (χ0n) is 8.35. The Morgan fingerprint density at radius 2 is 1.94 bits per heavy atom. The number of para-hydroxylation sites is 1. The monoisotopic (exact) mass is 281 g/mol. The first-order valence-electron chi connectivity index (χ1n) is 4.57. The Kier molecular flexibility index (Phi) is 3.05. The van der Waals surface area contributed by atoms with Crippen molar-refractivity contribution in [2.24, 2.45) is 0 Å². The molecule has 1 aromatic carbocycles. The molecule has 1 heterocycles. The molecule has 1 fully saturated rings. The van der Waals surface area contributed by atoms with Crippen LogP contribution in [0, 0.1) is 0 Å². The first kappa shape index (κ1) is 12.0. The van der Waals surface area contributed by atoms with Gasteiger partial charge in [-0.15, -0.1) is 0 Å². The molecule has 2 rings (SSSR count). The van der Waals surface area contributed by atoms with Crippen LogP contribution in [0.4, 0.5) is 5.69 Å². The van der Waals surface area contributed by atoms with Gasteiger partial charge in [-0.05, 0) is 19.1 Å². The van der Waals surface area contributed by atoms with Gasteiger partial charge < -0.3 is 0 Å². The third-order valence-corrected chi connectivity index (χ3v) is 4.22. The van der Waals surface area contributed by atoms with Crippen molar-refractivity contribution in [2.75, 3.05) is 10.8 Å². The fourth-order valence-electron chi connectivity index (χ4n) is 1.55. The Labute approximate surface area is 104 Å². The highest BCUT2D eigenvalue weighted by Gasteiger charge is 2.37. The van der Waals surface area contributed by atoms with Crippen LogP contribution in [0.25, 0.3) is 0 Å². The Bertz CT molecular complexity index is 497. The largest absolute Gasteiger partial charge is 0.362 e. The molecule has 1 aliphatic rings. The Balaban J connectivity index is 2.53. The van der Waals surface area contributed by atoms with Crippen molar-refractivity contribution in [3.8, 4) is 0 Å². The third kappa shape index (κ3) is 2.00. The number of nitrogens with zero attached hydrogens (tertiary/aromatic N) is 1. The maximum absolute atomic E-state index is 11.7. The molecular weight excluding hydrogens is 273 g/mol. The number of anilines is 1. The Hall–Kier alpha value is -0.490. The van der Waals surface area contributed by atoms with Crippen molar-refractivity contribution in [3.63, 3.8) is 0 Å². The van der Waals surface area contributed by atoms with Crippen LogP contribution in [0.1, 0.15) is 6.92 Å². The molecule has 1 unspecified atom stereocenters. The van der Waals surface area contributed by atoms with E-state index in [1.807, 2.05) is 0 Å². The van der Waals surface area contributed by atoms with Crippen LogP contribution in [-0.4, -0.2) is 21.1 Å². The van der Waals surface area contributed by atoms with Gasteiger partial charge in [-0.2, -0.15) is 8.42 Å². The van der Waals surface area contributed by atoms with Crippen LogP contribution in [0.2, 0.25) is 10.0 Å². The van der Waals surface area contributed by atoms with Gasteiger partial charge in [0, 0.05) is 0 Å². The summed E-state index contributed by atoms with van der Waals surface area (Å²) in [5.41, 5.74) is 0.273. The molecule has 0 spiro atoms. The van der Waals surface area contributed by atoms with E-state index >= 15 is 0 Å². The summed E-state index contributed by atoms with van der Waals surface area (Å²) in [5.74, 6) is 0. The van der Waals surface area contributed by atoms with Gasteiger partial charge in [0.05, 0.1) is 28.4 Å². The molecule has 0 saturated carbocycles. The molecule has 1 aliphatic heterocycles. The van der Waals surface area contributed by atoms with Crippen molar-refractivity contribution >= 4 is 39.2 Å². The minimum atomic E-state index is -3.77. The zero-order valence-corrected chi connectivity index (χ0v) is 10.7. The summed E-state index contributed by atoms with van der Waals surface area (Å²) in [4.78, 5) is 0. The fourth-order valence-corrected chi connectivity index (χ4v) is 3.64. The van der Waals surface area contributed by atoms with Gasteiger partial charge in [0.15, 0.2) is 0 Å². The summed E-state index contributed by atoms with van der Waals surface area (Å²) in [7, 11) is -3.77. The van der Waals surface area contributed by atoms with Crippen LogP contribution in [-0.2, 0) is 14.5 Å². The highest BCUT2D eigenvalue weighted by molar-refractivity contribution is 7.88. The predicted octanol–water partition coefficient (Wildman–Crippen LogP) is 2.46. The number of halogens is 2. The second-order valence-electron chi connectivity index (χ2n) is 3.47. The van der Waals surface area contributed by atoms with Gasteiger partial charge in [0.25, 0.3) is 0 Å². The lowest BCUT2D eigenvalue weighted by atomic mass is 10.3. The topological polar surface area (TPSA) is 46.6 Å². The number of benzene rings is 1. The quantitative estimate of drug-likeness (QED) is 0.795. The normalized spacial score (nSPS) is 23.7. The molecule has 1 aromatic rings. The zero-order chi connectivity index (χ0) is 11.9. The molecule has 88 valence electrons. The van der Waals surface area contributed by atoms with Crippen LogP contribution < -0.4 is 4.31 Å². The van der Waals surface area contributed by atoms with E-state index in [0.717, 1.165) is 4.31 Å². The average Bonchev–Trinajstić information content (AvgIpc) is 2.39. The molecule has 16 heavy (non-hydrogen) atoms. The number of hydrogen-bond donors (Lipinski definition) is 0. The minimum Gasteiger partial charge on any atom is -0.249 e. The van der Waals surface area contributed by atoms with E-state index in [4.69, 9.17) is 27.4 Å². The fraction of sp³-hybridized carbons (Fsp3) is 0.333. The summed E-state index contributed by atoms with van der Waals surface area (Å²) in [6.45, 7) is 1.88. The lowest BCUT2D eigenvalue weighted by Crippen LogP contribution is -2.25. The second-order valence-corrected chi connectivity index (χ2v) is 5.77. The molecule has 0 amide bonds. The van der Waals surface area contributed by atoms with Gasteiger partial charge in [-0.1, -0.05) is 29.3 Å². The van der Waals surface area contributed by atoms with Gasteiger partial charge in [-0.3, -0.25) is 0 Å². The molecular formula is C9H9Cl2NO3S. The van der Waals surface area contributed by atoms with Crippen molar-refractivity contribution < 1.29 is 12.6 Å². The van der Waals surface area contributed by atoms with E-state index < -0.39 is 16.4 Å². The lowest BCUT2D eigenvalue weighted by molar-refractivity contribution is 0.270. The van der Waals surface area contributed by atoms with Gasteiger partial charge in [-0.25, -0.2) is 8.49 Å². The summed E-state index contributed by atoms with van der Waals surface area (Å²) in [6, 6.07) is 4.82. The van der Waals surface area contributed by atoms with Gasteiger partial charge in [0.1, 0.15) is 0 Å². The molecule has 0 bridgehead atoms. The van der Waals surface area contributed by atoms with Gasteiger partial charge >= 0.3 is 10.3 Å². The Morgan fingerprint density at radius 1 is 1.38 bits per heavy atom. The summed E-state index contributed by atoms with van der Waals surface area (Å²) >= 11 is 11.9. The van der Waals surface area contributed by atoms with Crippen molar-refractivity contribution in [1.82, 2.24) is 0 Å². The molecule has 7 heteroatoms. The number of rotatable bonds is 1. The SMILES string of the molecule is CC1CN(c2c(Cl)cccc2Cl)S(=O)(=O)O1. The smallest absolute Gasteiger partial charge is 0.249 e. The van der Waals surface area contributed by atoms with Gasteiger partial charge in [0.2, 0.25) is 0 Å². The van der Waals surface area contributed by atoms with E-state index in [1.165, 1.54) is 0 Å². The molecule has 0 aliphatic carbocycles. The lowest BCUT2D eigenvalue weighted by Gasteiger charge is -2.17. The average molecular weight is 282 g/mol. The third-order valence-electron chi connectivity index (χ3n) is 2.17. The van der Waals surface area contributed by atoms with Crippen molar-refractivity contribution in [3.05, 3.63) is 28.2 Å². The highest BCUT2D eigenvalue weighted by Crippen LogP contribution is 2.37. The van der Waals surface area contributed by atoms with E-state index in [2.05, 4.69) is 0 Å². The second kappa shape index (κ2) is 4.07. The van der Waals surface area contributed by atoms with E-state index in [9.17, 15) is 8.42 Å². The Morgan fingerprint density at radius 3 is 2.38 bits per heavy atom. The predicted molar refractivity (Wildman–Crippen MR) is 63.3 cm³/mol. The molecule has 0 N–H and O–H groups in total. The van der Waals surface area contributed by atoms with Crippen LogP contribution >= 0.6 is 23.2 Å². The highest BCUT2D eigenvalue weighted by atomic mass is 35.5. The van der Waals surface area contributed by atoms with E-state index in [0.29, 0.717) is 0 Å². The molecule has 0 aromatic heterocycles. The first-order chi connectivity index (χ1) is 7.42. The van der Waals surface area contributed by atoms with E-state index in [1.54, 1.807) is 25.1 Å². The van der Waals surface area contributed by atoms with Crippen LogP contribution in [0.5, 0.6) is 0 Å². The maximum atomic E-state index is 11.7. The molecule has 1 atom stereocenters. The summed E-state index contributed by atoms with van der Waals surface area (Å²) in [5, 5.41) is 0.572. The molecule has 1 saturated heterocycles.